The maximum atomic E-state index is 6.49. The third-order valence-corrected chi connectivity index (χ3v) is 4.85. The first kappa shape index (κ1) is 13.4. The number of methoxy groups -OCH3 is 1. The molecule has 0 saturated heterocycles. The van der Waals surface area contributed by atoms with Gasteiger partial charge in [-0.15, -0.1) is 22.9 Å². The predicted octanol–water partition coefficient (Wildman–Crippen LogP) is 5.61. The average Bonchev–Trinajstić information content (AvgIpc) is 2.75. The Morgan fingerprint density at radius 3 is 2.65 bits per heavy atom. The average molecular weight is 397 g/mol. The first-order chi connectivity index (χ1) is 8.11. The van der Waals surface area contributed by atoms with E-state index in [1.54, 1.807) is 18.4 Å². The van der Waals surface area contributed by atoms with Crippen molar-refractivity contribution in [3.8, 4) is 5.75 Å². The predicted molar refractivity (Wildman–Crippen MR) is 80.4 cm³/mol. The van der Waals surface area contributed by atoms with E-state index in [1.807, 2.05) is 29.6 Å². The molecule has 0 aliphatic carbocycles. The highest BCUT2D eigenvalue weighted by Gasteiger charge is 2.17. The quantitative estimate of drug-likeness (QED) is 0.613. The van der Waals surface area contributed by atoms with Crippen molar-refractivity contribution >= 4 is 54.8 Å². The zero-order valence-electron chi connectivity index (χ0n) is 8.91. The second-order valence-electron chi connectivity index (χ2n) is 3.43. The molecule has 0 spiro atoms. The summed E-state index contributed by atoms with van der Waals surface area (Å²) in [6.45, 7) is 0. The maximum absolute atomic E-state index is 6.49. The molecule has 0 aliphatic heterocycles. The summed E-state index contributed by atoms with van der Waals surface area (Å²) in [6, 6.07) is 7.87. The topological polar surface area (TPSA) is 9.23 Å². The molecule has 0 amide bonds. The molecular weight excluding hydrogens is 387 g/mol. The highest BCUT2D eigenvalue weighted by molar-refractivity contribution is 9.11. The Bertz CT molecular complexity index is 527. The Hall–Kier alpha value is -0.0300. The number of hydrogen-bond acceptors (Lipinski definition) is 2. The summed E-state index contributed by atoms with van der Waals surface area (Å²) in [5.74, 6) is 0.801. The van der Waals surface area contributed by atoms with Gasteiger partial charge in [-0.2, -0.15) is 0 Å². The molecule has 1 atom stereocenters. The minimum absolute atomic E-state index is 0.204. The third-order valence-electron chi connectivity index (χ3n) is 2.35. The van der Waals surface area contributed by atoms with Crippen molar-refractivity contribution in [2.45, 2.75) is 5.38 Å². The van der Waals surface area contributed by atoms with Gasteiger partial charge < -0.3 is 4.74 Å². The fraction of sp³-hybridized carbons (Fsp3) is 0.167. The van der Waals surface area contributed by atoms with Crippen molar-refractivity contribution in [2.24, 2.45) is 0 Å². The SMILES string of the molecule is COc1ccc(Br)cc1C(Cl)c1csc(Br)c1. The summed E-state index contributed by atoms with van der Waals surface area (Å²) < 4.78 is 7.41. The van der Waals surface area contributed by atoms with Crippen LogP contribution >= 0.6 is 54.8 Å². The summed E-state index contributed by atoms with van der Waals surface area (Å²) in [7, 11) is 1.65. The van der Waals surface area contributed by atoms with Crippen LogP contribution in [0.2, 0.25) is 0 Å². The summed E-state index contributed by atoms with van der Waals surface area (Å²) in [4.78, 5) is 0. The zero-order valence-corrected chi connectivity index (χ0v) is 13.7. The molecule has 2 rings (SSSR count). The van der Waals surface area contributed by atoms with Gasteiger partial charge in [0.15, 0.2) is 0 Å². The van der Waals surface area contributed by atoms with Crippen LogP contribution < -0.4 is 4.74 Å². The van der Waals surface area contributed by atoms with Gasteiger partial charge in [-0.1, -0.05) is 15.9 Å². The molecule has 1 aromatic carbocycles. The first-order valence-electron chi connectivity index (χ1n) is 4.83. The Labute approximate surface area is 126 Å². The first-order valence-corrected chi connectivity index (χ1v) is 7.73. The molecule has 1 heterocycles. The van der Waals surface area contributed by atoms with Crippen molar-refractivity contribution in [1.82, 2.24) is 0 Å². The van der Waals surface area contributed by atoms with Crippen LogP contribution in [0.5, 0.6) is 5.75 Å². The van der Waals surface area contributed by atoms with E-state index in [9.17, 15) is 0 Å². The number of halogens is 3. The number of hydrogen-bond donors (Lipinski definition) is 0. The maximum Gasteiger partial charge on any atom is 0.123 e. The van der Waals surface area contributed by atoms with E-state index < -0.39 is 0 Å². The minimum Gasteiger partial charge on any atom is -0.496 e. The molecule has 5 heteroatoms. The fourth-order valence-corrected chi connectivity index (χ4v) is 3.49. The second-order valence-corrected chi connectivity index (χ2v) is 7.08. The van der Waals surface area contributed by atoms with Gasteiger partial charge in [0.1, 0.15) is 5.75 Å². The van der Waals surface area contributed by atoms with E-state index in [4.69, 9.17) is 16.3 Å². The van der Waals surface area contributed by atoms with E-state index in [1.165, 1.54) is 0 Å². The number of thiophene rings is 1. The molecule has 90 valence electrons. The van der Waals surface area contributed by atoms with Crippen LogP contribution in [0.4, 0.5) is 0 Å². The van der Waals surface area contributed by atoms with E-state index in [0.29, 0.717) is 0 Å². The molecule has 0 fully saturated rings. The van der Waals surface area contributed by atoms with Crippen LogP contribution in [-0.4, -0.2) is 7.11 Å². The van der Waals surface area contributed by atoms with Gasteiger partial charge in [0.05, 0.1) is 16.3 Å². The normalized spacial score (nSPS) is 12.5. The number of rotatable bonds is 3. The molecule has 1 unspecified atom stereocenters. The van der Waals surface area contributed by atoms with Crippen LogP contribution in [0.3, 0.4) is 0 Å². The summed E-state index contributed by atoms with van der Waals surface area (Å²) in [6.07, 6.45) is 0. The van der Waals surface area contributed by atoms with Crippen LogP contribution in [-0.2, 0) is 0 Å². The van der Waals surface area contributed by atoms with Crippen molar-refractivity contribution in [2.75, 3.05) is 7.11 Å². The van der Waals surface area contributed by atoms with Crippen LogP contribution in [0.1, 0.15) is 16.5 Å². The lowest BCUT2D eigenvalue weighted by Gasteiger charge is -2.13. The summed E-state index contributed by atoms with van der Waals surface area (Å²) in [5, 5.41) is 1.84. The Balaban J connectivity index is 2.42. The van der Waals surface area contributed by atoms with Crippen LogP contribution in [0, 0.1) is 0 Å². The zero-order chi connectivity index (χ0) is 12.4. The monoisotopic (exact) mass is 394 g/mol. The number of alkyl halides is 1. The lowest BCUT2D eigenvalue weighted by Crippen LogP contribution is -1.96. The van der Waals surface area contributed by atoms with Gasteiger partial charge in [-0.25, -0.2) is 0 Å². The third kappa shape index (κ3) is 3.05. The van der Waals surface area contributed by atoms with Gasteiger partial charge >= 0.3 is 0 Å². The van der Waals surface area contributed by atoms with Crippen molar-refractivity contribution in [1.29, 1.82) is 0 Å². The lowest BCUT2D eigenvalue weighted by molar-refractivity contribution is 0.410. The van der Waals surface area contributed by atoms with Gasteiger partial charge in [0, 0.05) is 10.0 Å². The van der Waals surface area contributed by atoms with Crippen molar-refractivity contribution in [3.63, 3.8) is 0 Å². The molecule has 1 nitrogen and oxygen atoms in total. The van der Waals surface area contributed by atoms with Gasteiger partial charge in [-0.05, 0) is 51.1 Å². The Morgan fingerprint density at radius 1 is 1.29 bits per heavy atom. The van der Waals surface area contributed by atoms with Crippen LogP contribution in [0.15, 0.2) is 37.9 Å². The smallest absolute Gasteiger partial charge is 0.123 e. The van der Waals surface area contributed by atoms with Crippen molar-refractivity contribution in [3.05, 3.63) is 49.0 Å². The van der Waals surface area contributed by atoms with E-state index in [2.05, 4.69) is 31.9 Å². The highest BCUT2D eigenvalue weighted by Crippen LogP contribution is 2.39. The molecule has 0 bridgehead atoms. The highest BCUT2D eigenvalue weighted by atomic mass is 79.9. The lowest BCUT2D eigenvalue weighted by atomic mass is 10.1. The summed E-state index contributed by atoms with van der Waals surface area (Å²) in [5.41, 5.74) is 2.04. The van der Waals surface area contributed by atoms with Gasteiger partial charge in [0.2, 0.25) is 0 Å². The Kier molecular flexibility index (Phi) is 4.53. The number of benzene rings is 1. The standard InChI is InChI=1S/C12H9Br2ClOS/c1-16-10-3-2-8(13)5-9(10)12(15)7-4-11(14)17-6-7/h2-6,12H,1H3. The molecule has 1 aromatic heterocycles. The van der Waals surface area contributed by atoms with Crippen LogP contribution in [0.25, 0.3) is 0 Å². The van der Waals surface area contributed by atoms with Gasteiger partial charge in [-0.3, -0.25) is 0 Å². The Morgan fingerprint density at radius 2 is 2.06 bits per heavy atom. The second kappa shape index (κ2) is 5.74. The minimum atomic E-state index is -0.204. The fourth-order valence-electron chi connectivity index (χ4n) is 1.54. The van der Waals surface area contributed by atoms with Gasteiger partial charge in [0.25, 0.3) is 0 Å². The molecule has 0 aliphatic rings. The van der Waals surface area contributed by atoms with E-state index >= 15 is 0 Å². The van der Waals surface area contributed by atoms with E-state index in [0.717, 1.165) is 25.1 Å². The molecule has 2 aromatic rings. The number of ether oxygens (including phenoxy) is 1. The molecule has 0 saturated carbocycles. The van der Waals surface area contributed by atoms with Crippen molar-refractivity contribution < 1.29 is 4.74 Å². The summed E-state index contributed by atoms with van der Waals surface area (Å²) >= 11 is 15.0. The molecule has 0 N–H and O–H groups in total. The largest absolute Gasteiger partial charge is 0.496 e. The molecule has 17 heavy (non-hydrogen) atoms. The van der Waals surface area contributed by atoms with E-state index in [-0.39, 0.29) is 5.38 Å². The molecule has 0 radical (unpaired) electrons. The molecular formula is C12H9Br2ClOS.